The number of halogens is 1. The minimum absolute atomic E-state index is 0.124. The average molecular weight is 622 g/mol. The number of amides is 1. The van der Waals surface area contributed by atoms with Crippen molar-refractivity contribution >= 4 is 46.5 Å². The fourth-order valence-electron chi connectivity index (χ4n) is 5.62. The van der Waals surface area contributed by atoms with E-state index in [1.165, 1.54) is 15.6 Å². The van der Waals surface area contributed by atoms with Gasteiger partial charge in [0.25, 0.3) is 0 Å². The van der Waals surface area contributed by atoms with Gasteiger partial charge >= 0.3 is 6.09 Å². The van der Waals surface area contributed by atoms with Gasteiger partial charge in [-0.1, -0.05) is 11.6 Å². The first-order valence-corrected chi connectivity index (χ1v) is 14.9. The molecule has 1 saturated carbocycles. The van der Waals surface area contributed by atoms with Crippen molar-refractivity contribution < 1.29 is 19.7 Å². The van der Waals surface area contributed by atoms with Crippen LogP contribution >= 0.6 is 11.6 Å². The average Bonchev–Trinajstić information content (AvgIpc) is 3.74. The molecule has 2 atom stereocenters. The Morgan fingerprint density at radius 2 is 1.98 bits per heavy atom. The number of imidazole rings is 1. The third-order valence-electron chi connectivity index (χ3n) is 8.12. The van der Waals surface area contributed by atoms with Crippen LogP contribution in [0.2, 0.25) is 5.02 Å². The summed E-state index contributed by atoms with van der Waals surface area (Å²) in [6.45, 7) is 4.12. The molecule has 230 valence electrons. The molecule has 3 fully saturated rings. The monoisotopic (exact) mass is 621 g/mol. The summed E-state index contributed by atoms with van der Waals surface area (Å²) in [4.78, 5) is 26.4. The number of fused-ring (bicyclic) bond motifs is 1. The highest BCUT2D eigenvalue weighted by atomic mass is 35.5. The summed E-state index contributed by atoms with van der Waals surface area (Å²) in [5.41, 5.74) is 1.86. The van der Waals surface area contributed by atoms with Crippen LogP contribution in [0.15, 0.2) is 18.3 Å². The lowest BCUT2D eigenvalue weighted by atomic mass is 9.99. The highest BCUT2D eigenvalue weighted by Gasteiger charge is 2.36. The second kappa shape index (κ2) is 12.7. The highest BCUT2D eigenvalue weighted by molar-refractivity contribution is 6.36. The van der Waals surface area contributed by atoms with Crippen LogP contribution in [-0.2, 0) is 4.74 Å². The maximum Gasteiger partial charge on any atom is 0.407 e. The van der Waals surface area contributed by atoms with E-state index < -0.39 is 18.2 Å². The van der Waals surface area contributed by atoms with Crippen LogP contribution in [0, 0.1) is 22.7 Å². The van der Waals surface area contributed by atoms with E-state index in [-0.39, 0.29) is 35.8 Å². The number of aromatic nitrogens is 4. The van der Waals surface area contributed by atoms with Gasteiger partial charge in [-0.2, -0.15) is 20.0 Å². The molecular weight excluding hydrogens is 590 g/mol. The summed E-state index contributed by atoms with van der Waals surface area (Å²) in [6.07, 6.45) is 1.76. The lowest BCUT2D eigenvalue weighted by Gasteiger charge is -2.42. The molecule has 6 rings (SSSR count). The standard InChI is InChI=1S/C28H32ClN11O4/c29-24-20(34-27-35-25(33-18-1-2-18)26-32-15-19(14-31)40(26)36-27)11-17(13-30)12-22(24)38-4-3-21(23(41)16-38)39(28(42)43)6-5-37-7-9-44-10-8-37/h11-12,15,18,21,23,41H,1-10,16H2,(H,42,43)(H2,33,34,35,36)/t21-,23+/m1/s1. The number of morpholine rings is 1. The minimum Gasteiger partial charge on any atom is -0.465 e. The van der Waals surface area contributed by atoms with Crippen molar-refractivity contribution in [3.63, 3.8) is 0 Å². The van der Waals surface area contributed by atoms with Gasteiger partial charge in [0.2, 0.25) is 5.95 Å². The summed E-state index contributed by atoms with van der Waals surface area (Å²) in [5, 5.41) is 51.6. The predicted molar refractivity (Wildman–Crippen MR) is 160 cm³/mol. The number of piperidine rings is 1. The summed E-state index contributed by atoms with van der Waals surface area (Å²) in [5.74, 6) is 0.621. The number of nitrogens with one attached hydrogen (secondary N) is 2. The lowest BCUT2D eigenvalue weighted by molar-refractivity contribution is 0.0146. The van der Waals surface area contributed by atoms with Crippen molar-refractivity contribution in [3.8, 4) is 12.1 Å². The SMILES string of the molecule is N#Cc1cc(Nc2nc(NC3CC3)c3ncc(C#N)n3n2)c(Cl)c(N2CC[C@@H](N(CCN3CCOCC3)C(=O)O)[C@@H](O)C2)c1. The number of nitrogens with zero attached hydrogens (tertiary/aromatic N) is 9. The molecule has 3 aromatic rings. The van der Waals surface area contributed by atoms with Gasteiger partial charge in [0.05, 0.1) is 59.6 Å². The Balaban J connectivity index is 1.22. The van der Waals surface area contributed by atoms with Gasteiger partial charge in [0.15, 0.2) is 17.2 Å². The Bertz CT molecular complexity index is 1630. The number of ether oxygens (including phenoxy) is 1. The molecule has 0 bridgehead atoms. The smallest absolute Gasteiger partial charge is 0.407 e. The van der Waals surface area contributed by atoms with Crippen molar-refractivity contribution in [1.82, 2.24) is 29.4 Å². The Morgan fingerprint density at radius 1 is 1.18 bits per heavy atom. The molecular formula is C28H32ClN11O4. The number of hydrogen-bond acceptors (Lipinski definition) is 12. The van der Waals surface area contributed by atoms with Crippen molar-refractivity contribution in [3.05, 3.63) is 34.6 Å². The third kappa shape index (κ3) is 6.27. The lowest BCUT2D eigenvalue weighted by Crippen LogP contribution is -2.57. The van der Waals surface area contributed by atoms with E-state index in [2.05, 4.69) is 42.7 Å². The fraction of sp³-hybridized carbons (Fsp3) is 0.500. The molecule has 0 spiro atoms. The van der Waals surface area contributed by atoms with Crippen molar-refractivity contribution in [2.24, 2.45) is 0 Å². The maximum atomic E-state index is 12.2. The first-order valence-electron chi connectivity index (χ1n) is 14.5. The molecule has 1 aromatic carbocycles. The molecule has 44 heavy (non-hydrogen) atoms. The summed E-state index contributed by atoms with van der Waals surface area (Å²) in [7, 11) is 0. The number of hydrogen-bond donors (Lipinski definition) is 4. The maximum absolute atomic E-state index is 12.2. The van der Waals surface area contributed by atoms with Crippen LogP contribution in [0.3, 0.4) is 0 Å². The summed E-state index contributed by atoms with van der Waals surface area (Å²) in [6, 6.07) is 7.13. The van der Waals surface area contributed by atoms with Gasteiger partial charge in [-0.3, -0.25) is 4.90 Å². The number of benzene rings is 1. The van der Waals surface area contributed by atoms with Crippen molar-refractivity contribution in [1.29, 1.82) is 10.5 Å². The molecule has 0 unspecified atom stereocenters. The second-order valence-electron chi connectivity index (χ2n) is 11.1. The van der Waals surface area contributed by atoms with E-state index in [1.54, 1.807) is 12.1 Å². The molecule has 2 saturated heterocycles. The van der Waals surface area contributed by atoms with Crippen molar-refractivity contribution in [2.75, 3.05) is 68.0 Å². The van der Waals surface area contributed by atoms with Crippen LogP contribution in [0.4, 0.5) is 27.9 Å². The van der Waals surface area contributed by atoms with E-state index in [1.807, 2.05) is 4.90 Å². The van der Waals surface area contributed by atoms with E-state index in [4.69, 9.17) is 16.3 Å². The number of aliphatic hydroxyl groups excluding tert-OH is 1. The molecule has 4 N–H and O–H groups in total. The van der Waals surface area contributed by atoms with Crippen LogP contribution in [0.5, 0.6) is 0 Å². The molecule has 0 radical (unpaired) electrons. The van der Waals surface area contributed by atoms with Gasteiger partial charge in [0, 0.05) is 45.3 Å². The Kier molecular flexibility index (Phi) is 8.54. The molecule has 1 aliphatic carbocycles. The number of nitriles is 2. The van der Waals surface area contributed by atoms with Gasteiger partial charge in [-0.15, -0.1) is 5.10 Å². The van der Waals surface area contributed by atoms with E-state index >= 15 is 0 Å². The normalized spacial score (nSPS) is 20.6. The Morgan fingerprint density at radius 3 is 2.66 bits per heavy atom. The first kappa shape index (κ1) is 29.7. The summed E-state index contributed by atoms with van der Waals surface area (Å²) >= 11 is 6.89. The Hall–Kier alpha value is -4.41. The number of rotatable bonds is 9. The Labute approximate surface area is 258 Å². The number of carboxylic acid groups (broad SMARTS) is 1. The van der Waals surface area contributed by atoms with E-state index in [0.717, 1.165) is 25.9 Å². The fourth-order valence-corrected chi connectivity index (χ4v) is 5.90. The molecule has 16 heteroatoms. The first-order chi connectivity index (χ1) is 21.3. The molecule has 4 heterocycles. The molecule has 1 amide bonds. The predicted octanol–water partition coefficient (Wildman–Crippen LogP) is 2.09. The van der Waals surface area contributed by atoms with Crippen LogP contribution in [0.1, 0.15) is 30.5 Å². The molecule has 15 nitrogen and oxygen atoms in total. The van der Waals surface area contributed by atoms with Gasteiger partial charge in [0.1, 0.15) is 6.07 Å². The minimum atomic E-state index is -1.07. The number of β-amino-alcohol motifs (C(OH)–C–C–N with tert-alkyl or cyclic N) is 1. The van der Waals surface area contributed by atoms with E-state index in [9.17, 15) is 25.5 Å². The zero-order chi connectivity index (χ0) is 30.8. The van der Waals surface area contributed by atoms with Crippen molar-refractivity contribution in [2.45, 2.75) is 37.5 Å². The second-order valence-corrected chi connectivity index (χ2v) is 11.5. The zero-order valence-electron chi connectivity index (χ0n) is 23.9. The van der Waals surface area contributed by atoms with Gasteiger partial charge in [-0.05, 0) is 31.4 Å². The molecule has 3 aliphatic rings. The third-order valence-corrected chi connectivity index (χ3v) is 8.52. The molecule has 2 aliphatic heterocycles. The van der Waals surface area contributed by atoms with Gasteiger partial charge < -0.3 is 35.4 Å². The molecule has 2 aromatic heterocycles. The number of anilines is 4. The van der Waals surface area contributed by atoms with Crippen LogP contribution in [-0.4, -0.2) is 116 Å². The number of carbonyl (C=O) groups is 1. The zero-order valence-corrected chi connectivity index (χ0v) is 24.6. The largest absolute Gasteiger partial charge is 0.465 e. The topological polar surface area (TPSA) is 191 Å². The summed E-state index contributed by atoms with van der Waals surface area (Å²) < 4.78 is 6.78. The van der Waals surface area contributed by atoms with Crippen LogP contribution in [0.25, 0.3) is 5.65 Å². The van der Waals surface area contributed by atoms with Gasteiger partial charge in [-0.25, -0.2) is 9.78 Å². The number of aliphatic hydroxyl groups is 1. The quantitative estimate of drug-likeness (QED) is 0.272. The van der Waals surface area contributed by atoms with Crippen LogP contribution < -0.4 is 15.5 Å². The highest BCUT2D eigenvalue weighted by Crippen LogP contribution is 2.38. The van der Waals surface area contributed by atoms with E-state index in [0.29, 0.717) is 61.1 Å².